The van der Waals surface area contributed by atoms with Gasteiger partial charge in [-0.3, -0.25) is 0 Å². The van der Waals surface area contributed by atoms with Crippen LogP contribution in [-0.2, 0) is 11.3 Å². The molecule has 0 spiro atoms. The second-order valence-corrected chi connectivity index (χ2v) is 7.26. The van der Waals surface area contributed by atoms with Crippen LogP contribution in [0.25, 0.3) is 0 Å². The number of methoxy groups -OCH3 is 1. The number of aromatic nitrogens is 2. The summed E-state index contributed by atoms with van der Waals surface area (Å²) in [6.07, 6.45) is 12.5. The van der Waals surface area contributed by atoms with Gasteiger partial charge in [0.15, 0.2) is 0 Å². The number of ether oxygens (including phenoxy) is 1. The molecule has 4 aliphatic rings. The van der Waals surface area contributed by atoms with Crippen LogP contribution in [0.4, 0.5) is 5.95 Å². The van der Waals surface area contributed by atoms with Gasteiger partial charge in [-0.05, 0) is 56.3 Å². The van der Waals surface area contributed by atoms with E-state index in [1.165, 1.54) is 38.5 Å². The summed E-state index contributed by atoms with van der Waals surface area (Å²) >= 11 is 0. The van der Waals surface area contributed by atoms with Crippen LogP contribution in [0.1, 0.15) is 38.5 Å². The van der Waals surface area contributed by atoms with E-state index in [0.717, 1.165) is 36.9 Å². The molecule has 0 saturated heterocycles. The Hall–Kier alpha value is -1.03. The Morgan fingerprint density at radius 1 is 1.25 bits per heavy atom. The highest BCUT2D eigenvalue weighted by Gasteiger charge is 2.51. The van der Waals surface area contributed by atoms with E-state index in [1.54, 1.807) is 7.11 Å². The molecule has 1 heterocycles. The second-order valence-electron chi connectivity index (χ2n) is 7.26. The maximum Gasteiger partial charge on any atom is 0.203 e. The van der Waals surface area contributed by atoms with Gasteiger partial charge in [0.25, 0.3) is 0 Å². The first-order chi connectivity index (χ1) is 9.76. The first-order valence-electron chi connectivity index (χ1n) is 8.04. The van der Waals surface area contributed by atoms with E-state index < -0.39 is 0 Å². The van der Waals surface area contributed by atoms with Gasteiger partial charge in [0.1, 0.15) is 0 Å². The van der Waals surface area contributed by atoms with E-state index in [4.69, 9.17) is 4.74 Å². The molecule has 0 aliphatic heterocycles. The summed E-state index contributed by atoms with van der Waals surface area (Å²) in [7, 11) is 1.75. The quantitative estimate of drug-likeness (QED) is 0.898. The van der Waals surface area contributed by atoms with Gasteiger partial charge in [0.2, 0.25) is 5.95 Å². The van der Waals surface area contributed by atoms with Crippen molar-refractivity contribution in [2.75, 3.05) is 19.0 Å². The Kier molecular flexibility index (Phi) is 3.02. The molecule has 20 heavy (non-hydrogen) atoms. The van der Waals surface area contributed by atoms with Crippen LogP contribution in [0.2, 0.25) is 0 Å². The highest BCUT2D eigenvalue weighted by molar-refractivity contribution is 5.33. The summed E-state index contributed by atoms with van der Waals surface area (Å²) < 4.78 is 7.38. The fourth-order valence-electron chi connectivity index (χ4n) is 5.30. The lowest BCUT2D eigenvalue weighted by atomic mass is 9.53. The van der Waals surface area contributed by atoms with Crippen molar-refractivity contribution in [3.8, 4) is 0 Å². The van der Waals surface area contributed by atoms with Crippen molar-refractivity contribution in [3.63, 3.8) is 0 Å². The van der Waals surface area contributed by atoms with Crippen molar-refractivity contribution in [2.24, 2.45) is 17.8 Å². The molecule has 0 aromatic carbocycles. The standard InChI is InChI=1S/C16H25N3O/c1-20-5-4-19-3-2-17-15(19)18-16-9-12-6-13(10-16)8-14(7-12)11-16/h2-3,12-14H,4-11H2,1H3,(H,17,18). The fraction of sp³-hybridized carbons (Fsp3) is 0.812. The van der Waals surface area contributed by atoms with Gasteiger partial charge < -0.3 is 14.6 Å². The fourth-order valence-corrected chi connectivity index (χ4v) is 5.30. The highest BCUT2D eigenvalue weighted by Crippen LogP contribution is 2.56. The number of hydrogen-bond donors (Lipinski definition) is 1. The molecule has 0 unspecified atom stereocenters. The predicted molar refractivity (Wildman–Crippen MR) is 78.6 cm³/mol. The first kappa shape index (κ1) is 12.7. The van der Waals surface area contributed by atoms with Crippen LogP contribution in [0.15, 0.2) is 12.4 Å². The van der Waals surface area contributed by atoms with Crippen LogP contribution in [0.5, 0.6) is 0 Å². The van der Waals surface area contributed by atoms with Crippen molar-refractivity contribution < 1.29 is 4.74 Å². The molecule has 5 rings (SSSR count). The van der Waals surface area contributed by atoms with Crippen LogP contribution in [0, 0.1) is 17.8 Å². The zero-order valence-corrected chi connectivity index (χ0v) is 12.3. The molecule has 0 atom stereocenters. The van der Waals surface area contributed by atoms with E-state index in [2.05, 4.69) is 21.1 Å². The molecule has 1 aromatic heterocycles. The third-order valence-electron chi connectivity index (χ3n) is 5.67. The number of imidazole rings is 1. The Morgan fingerprint density at radius 2 is 1.90 bits per heavy atom. The van der Waals surface area contributed by atoms with Gasteiger partial charge in [-0.1, -0.05) is 0 Å². The molecule has 4 bridgehead atoms. The van der Waals surface area contributed by atoms with Gasteiger partial charge in [-0.25, -0.2) is 4.98 Å². The topological polar surface area (TPSA) is 39.1 Å². The number of hydrogen-bond acceptors (Lipinski definition) is 3. The van der Waals surface area contributed by atoms with Crippen molar-refractivity contribution in [1.29, 1.82) is 0 Å². The first-order valence-corrected chi connectivity index (χ1v) is 8.04. The Bertz CT molecular complexity index is 447. The van der Waals surface area contributed by atoms with Gasteiger partial charge in [-0.2, -0.15) is 0 Å². The van der Waals surface area contributed by atoms with Crippen molar-refractivity contribution >= 4 is 5.95 Å². The molecule has 4 heteroatoms. The smallest absolute Gasteiger partial charge is 0.203 e. The minimum atomic E-state index is 0.338. The van der Waals surface area contributed by atoms with Gasteiger partial charge in [0.05, 0.1) is 6.61 Å². The number of anilines is 1. The summed E-state index contributed by atoms with van der Waals surface area (Å²) in [5.41, 5.74) is 0.338. The number of rotatable bonds is 5. The number of nitrogens with one attached hydrogen (secondary N) is 1. The van der Waals surface area contributed by atoms with E-state index in [9.17, 15) is 0 Å². The summed E-state index contributed by atoms with van der Waals surface area (Å²) in [5.74, 6) is 3.95. The minimum absolute atomic E-state index is 0.338. The SMILES string of the molecule is COCCn1ccnc1NC12CC3CC(CC(C3)C1)C2. The molecule has 1 aromatic rings. The lowest BCUT2D eigenvalue weighted by Gasteiger charge is -2.57. The maximum atomic E-state index is 5.19. The average Bonchev–Trinajstić information content (AvgIpc) is 2.81. The minimum Gasteiger partial charge on any atom is -0.383 e. The zero-order chi connectivity index (χ0) is 13.6. The molecular weight excluding hydrogens is 250 g/mol. The van der Waals surface area contributed by atoms with Crippen LogP contribution < -0.4 is 5.32 Å². The van der Waals surface area contributed by atoms with Crippen molar-refractivity contribution in [2.45, 2.75) is 50.6 Å². The summed E-state index contributed by atoms with van der Waals surface area (Å²) in [5, 5.41) is 3.84. The molecule has 110 valence electrons. The molecule has 0 amide bonds. The molecule has 4 saturated carbocycles. The van der Waals surface area contributed by atoms with E-state index in [-0.39, 0.29) is 0 Å². The normalized spacial score (nSPS) is 38.4. The second kappa shape index (κ2) is 4.76. The molecular formula is C16H25N3O. The molecule has 0 radical (unpaired) electrons. The Balaban J connectivity index is 1.52. The molecule has 4 nitrogen and oxygen atoms in total. The van der Waals surface area contributed by atoms with Crippen LogP contribution in [0.3, 0.4) is 0 Å². The Labute approximate surface area is 120 Å². The van der Waals surface area contributed by atoms with Crippen molar-refractivity contribution in [3.05, 3.63) is 12.4 Å². The molecule has 1 N–H and O–H groups in total. The summed E-state index contributed by atoms with van der Waals surface area (Å²) in [4.78, 5) is 4.54. The summed E-state index contributed by atoms with van der Waals surface area (Å²) in [6, 6.07) is 0. The van der Waals surface area contributed by atoms with Gasteiger partial charge in [0, 0.05) is 31.6 Å². The molecule has 4 aliphatic carbocycles. The maximum absolute atomic E-state index is 5.19. The summed E-state index contributed by atoms with van der Waals surface area (Å²) in [6.45, 7) is 1.62. The highest BCUT2D eigenvalue weighted by atomic mass is 16.5. The predicted octanol–water partition coefficient (Wildman–Crippen LogP) is 2.91. The largest absolute Gasteiger partial charge is 0.383 e. The average molecular weight is 275 g/mol. The zero-order valence-electron chi connectivity index (χ0n) is 12.3. The van der Waals surface area contributed by atoms with Gasteiger partial charge in [-0.15, -0.1) is 0 Å². The van der Waals surface area contributed by atoms with Crippen molar-refractivity contribution in [1.82, 2.24) is 9.55 Å². The van der Waals surface area contributed by atoms with E-state index >= 15 is 0 Å². The third kappa shape index (κ3) is 2.14. The third-order valence-corrected chi connectivity index (χ3v) is 5.67. The number of nitrogens with zero attached hydrogens (tertiary/aromatic N) is 2. The van der Waals surface area contributed by atoms with Gasteiger partial charge >= 0.3 is 0 Å². The van der Waals surface area contributed by atoms with E-state index in [0.29, 0.717) is 5.54 Å². The lowest BCUT2D eigenvalue weighted by molar-refractivity contribution is 0.0102. The van der Waals surface area contributed by atoms with E-state index in [1.807, 2.05) is 6.20 Å². The monoisotopic (exact) mass is 275 g/mol. The van der Waals surface area contributed by atoms with Crippen LogP contribution in [-0.4, -0.2) is 28.8 Å². The Morgan fingerprint density at radius 3 is 2.50 bits per heavy atom. The molecule has 4 fully saturated rings. The van der Waals surface area contributed by atoms with Crippen LogP contribution >= 0.6 is 0 Å². The lowest BCUT2D eigenvalue weighted by Crippen LogP contribution is -2.55.